The molecule has 2 heterocycles. The molecule has 0 saturated heterocycles. The lowest BCUT2D eigenvalue weighted by molar-refractivity contribution is 0.101. The molecule has 7 nitrogen and oxygen atoms in total. The van der Waals surface area contributed by atoms with Gasteiger partial charge in [-0.2, -0.15) is 0 Å². The summed E-state index contributed by atoms with van der Waals surface area (Å²) >= 11 is 1.28. The Balaban J connectivity index is 1.46. The molecule has 0 radical (unpaired) electrons. The average Bonchev–Trinajstić information content (AvgIpc) is 3.21. The van der Waals surface area contributed by atoms with Crippen molar-refractivity contribution in [1.29, 1.82) is 0 Å². The number of urea groups is 1. The highest BCUT2D eigenvalue weighted by atomic mass is 32.1. The number of ether oxygens (including phenoxy) is 1. The zero-order valence-corrected chi connectivity index (χ0v) is 20.1. The fourth-order valence-corrected chi connectivity index (χ4v) is 4.11. The highest BCUT2D eigenvalue weighted by Crippen LogP contribution is 2.29. The van der Waals surface area contributed by atoms with Crippen LogP contribution in [0.5, 0.6) is 5.75 Å². The molecule has 0 aliphatic rings. The lowest BCUT2D eigenvalue weighted by atomic mass is 10.1. The number of benzene rings is 2. The van der Waals surface area contributed by atoms with E-state index in [0.29, 0.717) is 45.0 Å². The number of hydrogen-bond acceptors (Lipinski definition) is 6. The summed E-state index contributed by atoms with van der Waals surface area (Å²) < 4.78 is 5.84. The normalized spacial score (nSPS) is 10.9. The maximum Gasteiger partial charge on any atom is 0.325 e. The first kappa shape index (κ1) is 23.4. The van der Waals surface area contributed by atoms with Gasteiger partial charge in [0.25, 0.3) is 0 Å². The van der Waals surface area contributed by atoms with Gasteiger partial charge in [0, 0.05) is 11.1 Å². The summed E-state index contributed by atoms with van der Waals surface area (Å²) in [6.07, 6.45) is 0.931. The molecule has 0 atom stereocenters. The highest BCUT2D eigenvalue weighted by Gasteiger charge is 2.13. The van der Waals surface area contributed by atoms with Crippen molar-refractivity contribution in [3.8, 4) is 17.0 Å². The largest absolute Gasteiger partial charge is 0.491 e. The van der Waals surface area contributed by atoms with E-state index in [0.717, 1.165) is 17.7 Å². The van der Waals surface area contributed by atoms with Crippen LogP contribution in [0.2, 0.25) is 0 Å². The van der Waals surface area contributed by atoms with Gasteiger partial charge in [-0.15, -0.1) is 0 Å². The summed E-state index contributed by atoms with van der Waals surface area (Å²) in [5.41, 5.74) is 3.50. The third-order valence-corrected chi connectivity index (χ3v) is 6.01. The number of anilines is 2. The SMILES string of the molecule is CC(=O)c1cccc(-c2ccc3nc(NC(=O)Nc4ccccc4OCCC(C)C)sc3n2)c1. The fraction of sp³-hybridized carbons (Fsp3) is 0.231. The van der Waals surface area contributed by atoms with Crippen LogP contribution in [0.1, 0.15) is 37.6 Å². The predicted molar refractivity (Wildman–Crippen MR) is 137 cm³/mol. The Labute approximate surface area is 202 Å². The first-order valence-corrected chi connectivity index (χ1v) is 11.9. The minimum Gasteiger partial charge on any atom is -0.491 e. The van der Waals surface area contributed by atoms with Crippen LogP contribution in [-0.2, 0) is 0 Å². The monoisotopic (exact) mass is 474 g/mol. The van der Waals surface area contributed by atoms with Gasteiger partial charge in [0.05, 0.1) is 18.0 Å². The summed E-state index contributed by atoms with van der Waals surface area (Å²) in [5, 5.41) is 6.05. The van der Waals surface area contributed by atoms with Gasteiger partial charge in [0.2, 0.25) is 0 Å². The van der Waals surface area contributed by atoms with E-state index in [1.807, 2.05) is 48.5 Å². The minimum absolute atomic E-state index is 0.00473. The number of nitrogens with zero attached hydrogens (tertiary/aromatic N) is 2. The Morgan fingerprint density at radius 2 is 1.82 bits per heavy atom. The number of ketones is 1. The van der Waals surface area contributed by atoms with Crippen LogP contribution in [0.25, 0.3) is 21.6 Å². The molecule has 0 aliphatic heterocycles. The second-order valence-electron chi connectivity index (χ2n) is 8.28. The number of hydrogen-bond donors (Lipinski definition) is 2. The third kappa shape index (κ3) is 5.77. The molecule has 0 unspecified atom stereocenters. The summed E-state index contributed by atoms with van der Waals surface area (Å²) in [6.45, 7) is 6.40. The summed E-state index contributed by atoms with van der Waals surface area (Å²) in [6, 6.07) is 18.0. The molecule has 0 saturated carbocycles. The van der Waals surface area contributed by atoms with Gasteiger partial charge in [0.1, 0.15) is 16.1 Å². The number of Topliss-reactive ketones (excluding diaryl/α,β-unsaturated/α-hetero) is 1. The predicted octanol–water partition coefficient (Wildman–Crippen LogP) is 6.63. The quantitative estimate of drug-likeness (QED) is 0.280. The summed E-state index contributed by atoms with van der Waals surface area (Å²) in [5.74, 6) is 1.17. The maximum atomic E-state index is 12.6. The van der Waals surface area contributed by atoms with Crippen LogP contribution in [-0.4, -0.2) is 28.4 Å². The number of carbonyl (C=O) groups excluding carboxylic acids is 2. The molecule has 0 spiro atoms. The van der Waals surface area contributed by atoms with Gasteiger partial charge < -0.3 is 10.1 Å². The molecule has 4 rings (SSSR count). The van der Waals surface area contributed by atoms with E-state index >= 15 is 0 Å². The second kappa shape index (κ2) is 10.4. The highest BCUT2D eigenvalue weighted by molar-refractivity contribution is 7.22. The maximum absolute atomic E-state index is 12.6. The molecule has 0 fully saturated rings. The van der Waals surface area contributed by atoms with Gasteiger partial charge in [0.15, 0.2) is 10.9 Å². The van der Waals surface area contributed by atoms with Gasteiger partial charge in [-0.1, -0.05) is 55.5 Å². The van der Waals surface area contributed by atoms with Crippen LogP contribution < -0.4 is 15.4 Å². The molecule has 2 amide bonds. The fourth-order valence-electron chi connectivity index (χ4n) is 3.28. The van der Waals surface area contributed by atoms with Crippen LogP contribution in [0, 0.1) is 5.92 Å². The smallest absolute Gasteiger partial charge is 0.325 e. The number of carbonyl (C=O) groups is 2. The number of nitrogens with one attached hydrogen (secondary N) is 2. The Morgan fingerprint density at radius 3 is 2.62 bits per heavy atom. The average molecular weight is 475 g/mol. The molecule has 2 aromatic carbocycles. The zero-order valence-electron chi connectivity index (χ0n) is 19.3. The topological polar surface area (TPSA) is 93.2 Å². The first-order chi connectivity index (χ1) is 16.4. The van der Waals surface area contributed by atoms with E-state index < -0.39 is 6.03 Å². The summed E-state index contributed by atoms with van der Waals surface area (Å²) in [4.78, 5) is 34.1. The number of rotatable bonds is 8. The Kier molecular flexibility index (Phi) is 7.18. The van der Waals surface area contributed by atoms with Crippen molar-refractivity contribution < 1.29 is 14.3 Å². The Morgan fingerprint density at radius 1 is 1.00 bits per heavy atom. The van der Waals surface area contributed by atoms with Crippen LogP contribution in [0.3, 0.4) is 0 Å². The van der Waals surface area contributed by atoms with Gasteiger partial charge >= 0.3 is 6.03 Å². The van der Waals surface area contributed by atoms with Crippen molar-refractivity contribution in [3.05, 3.63) is 66.2 Å². The van der Waals surface area contributed by atoms with Crippen molar-refractivity contribution in [3.63, 3.8) is 0 Å². The van der Waals surface area contributed by atoms with Crippen LogP contribution in [0.15, 0.2) is 60.7 Å². The van der Waals surface area contributed by atoms with E-state index in [4.69, 9.17) is 4.74 Å². The number of amides is 2. The zero-order chi connectivity index (χ0) is 24.1. The van der Waals surface area contributed by atoms with Gasteiger partial charge in [-0.05, 0) is 49.6 Å². The van der Waals surface area contributed by atoms with Gasteiger partial charge in [-0.25, -0.2) is 14.8 Å². The minimum atomic E-state index is -0.409. The van der Waals surface area contributed by atoms with E-state index in [9.17, 15) is 9.59 Å². The number of para-hydroxylation sites is 2. The molecule has 0 bridgehead atoms. The van der Waals surface area contributed by atoms with Crippen molar-refractivity contribution in [2.24, 2.45) is 5.92 Å². The Hall–Kier alpha value is -3.78. The first-order valence-electron chi connectivity index (χ1n) is 11.1. The molecule has 0 aliphatic carbocycles. The number of pyridine rings is 1. The third-order valence-electron chi connectivity index (χ3n) is 5.13. The summed E-state index contributed by atoms with van der Waals surface area (Å²) in [7, 11) is 0. The molecule has 8 heteroatoms. The molecule has 4 aromatic rings. The van der Waals surface area contributed by atoms with E-state index in [-0.39, 0.29) is 5.78 Å². The van der Waals surface area contributed by atoms with E-state index in [2.05, 4.69) is 34.4 Å². The molecule has 2 aromatic heterocycles. The van der Waals surface area contributed by atoms with Crippen LogP contribution >= 0.6 is 11.3 Å². The number of fused-ring (bicyclic) bond motifs is 1. The van der Waals surface area contributed by atoms with Gasteiger partial charge in [-0.3, -0.25) is 10.1 Å². The van der Waals surface area contributed by atoms with E-state index in [1.165, 1.54) is 18.3 Å². The molecular formula is C26H26N4O3S. The van der Waals surface area contributed by atoms with Crippen molar-refractivity contribution in [2.75, 3.05) is 17.2 Å². The lowest BCUT2D eigenvalue weighted by Gasteiger charge is -2.13. The van der Waals surface area contributed by atoms with Crippen molar-refractivity contribution >= 4 is 44.3 Å². The van der Waals surface area contributed by atoms with E-state index in [1.54, 1.807) is 12.1 Å². The van der Waals surface area contributed by atoms with Crippen molar-refractivity contribution in [2.45, 2.75) is 27.2 Å². The Bertz CT molecular complexity index is 1330. The lowest BCUT2D eigenvalue weighted by Crippen LogP contribution is -2.19. The second-order valence-corrected chi connectivity index (χ2v) is 9.26. The molecule has 174 valence electrons. The standard InChI is InChI=1S/C26H26N4O3S/c1-16(2)13-14-33-23-10-5-4-9-21(23)28-25(32)30-26-29-22-12-11-20(27-24(22)34-26)19-8-6-7-18(15-19)17(3)31/h4-12,15-16H,13-14H2,1-3H3,(H2,28,29,30,32). The molecular weight excluding hydrogens is 448 g/mol. The van der Waals surface area contributed by atoms with Crippen molar-refractivity contribution in [1.82, 2.24) is 9.97 Å². The number of thiazole rings is 1. The number of aromatic nitrogens is 2. The van der Waals surface area contributed by atoms with Crippen LogP contribution in [0.4, 0.5) is 15.6 Å². The molecule has 2 N–H and O–H groups in total. The molecule has 34 heavy (non-hydrogen) atoms.